The van der Waals surface area contributed by atoms with Gasteiger partial charge < -0.3 is 10.1 Å². The van der Waals surface area contributed by atoms with Gasteiger partial charge in [-0.05, 0) is 31.5 Å². The SMILES string of the molecule is Cc1ncc(CNCc2cccnc2Oc2ccc(C)c(F)c2F)cn1. The van der Waals surface area contributed by atoms with Crippen molar-refractivity contribution in [3.63, 3.8) is 0 Å². The molecule has 0 spiro atoms. The molecular weight excluding hydrogens is 338 g/mol. The lowest BCUT2D eigenvalue weighted by Gasteiger charge is -2.12. The van der Waals surface area contributed by atoms with Crippen molar-refractivity contribution in [2.24, 2.45) is 0 Å². The van der Waals surface area contributed by atoms with E-state index in [4.69, 9.17) is 4.74 Å². The first-order valence-electron chi connectivity index (χ1n) is 8.09. The fraction of sp³-hybridized carbons (Fsp3) is 0.211. The predicted molar refractivity (Wildman–Crippen MR) is 92.7 cm³/mol. The highest BCUT2D eigenvalue weighted by Gasteiger charge is 2.15. The van der Waals surface area contributed by atoms with E-state index in [0.29, 0.717) is 18.9 Å². The lowest BCUT2D eigenvalue weighted by Crippen LogP contribution is -2.14. The van der Waals surface area contributed by atoms with Crippen LogP contribution in [-0.4, -0.2) is 15.0 Å². The fourth-order valence-corrected chi connectivity index (χ4v) is 2.31. The van der Waals surface area contributed by atoms with E-state index in [2.05, 4.69) is 20.3 Å². The average Bonchev–Trinajstić information content (AvgIpc) is 2.65. The third kappa shape index (κ3) is 4.18. The summed E-state index contributed by atoms with van der Waals surface area (Å²) in [6.07, 6.45) is 5.04. The summed E-state index contributed by atoms with van der Waals surface area (Å²) in [6, 6.07) is 6.42. The van der Waals surface area contributed by atoms with Crippen LogP contribution >= 0.6 is 0 Å². The van der Waals surface area contributed by atoms with Crippen molar-refractivity contribution in [2.45, 2.75) is 26.9 Å². The van der Waals surface area contributed by atoms with Gasteiger partial charge in [-0.2, -0.15) is 4.39 Å². The molecule has 0 radical (unpaired) electrons. The van der Waals surface area contributed by atoms with Crippen LogP contribution < -0.4 is 10.1 Å². The molecule has 0 amide bonds. The van der Waals surface area contributed by atoms with E-state index < -0.39 is 11.6 Å². The van der Waals surface area contributed by atoms with Gasteiger partial charge in [-0.15, -0.1) is 0 Å². The number of aryl methyl sites for hydroxylation is 2. The Labute approximate surface area is 150 Å². The Balaban J connectivity index is 1.70. The minimum absolute atomic E-state index is 0.194. The minimum atomic E-state index is -1.02. The monoisotopic (exact) mass is 356 g/mol. The van der Waals surface area contributed by atoms with Gasteiger partial charge in [0, 0.05) is 42.8 Å². The molecule has 0 aliphatic heterocycles. The number of nitrogens with one attached hydrogen (secondary N) is 1. The van der Waals surface area contributed by atoms with Crippen LogP contribution in [0, 0.1) is 25.5 Å². The Hall–Kier alpha value is -2.93. The summed E-state index contributed by atoms with van der Waals surface area (Å²) in [5.41, 5.74) is 1.88. The van der Waals surface area contributed by atoms with Crippen molar-refractivity contribution in [2.75, 3.05) is 0 Å². The largest absolute Gasteiger partial charge is 0.435 e. The smallest absolute Gasteiger partial charge is 0.223 e. The first-order valence-corrected chi connectivity index (χ1v) is 8.09. The molecule has 1 aromatic carbocycles. The number of pyridine rings is 1. The summed E-state index contributed by atoms with van der Waals surface area (Å²) >= 11 is 0. The number of nitrogens with zero attached hydrogens (tertiary/aromatic N) is 3. The summed E-state index contributed by atoms with van der Waals surface area (Å²) in [6.45, 7) is 4.31. The highest BCUT2D eigenvalue weighted by molar-refractivity contribution is 5.35. The molecule has 134 valence electrons. The maximum absolute atomic E-state index is 14.0. The summed E-state index contributed by atoms with van der Waals surface area (Å²) in [7, 11) is 0. The van der Waals surface area contributed by atoms with Crippen LogP contribution in [0.25, 0.3) is 0 Å². The van der Waals surface area contributed by atoms with Gasteiger partial charge in [-0.1, -0.05) is 12.1 Å². The third-order valence-electron chi connectivity index (χ3n) is 3.78. The van der Waals surface area contributed by atoms with Gasteiger partial charge in [0.25, 0.3) is 0 Å². The van der Waals surface area contributed by atoms with Gasteiger partial charge in [0.1, 0.15) is 5.82 Å². The van der Waals surface area contributed by atoms with Gasteiger partial charge in [0.05, 0.1) is 0 Å². The fourth-order valence-electron chi connectivity index (χ4n) is 2.31. The van der Waals surface area contributed by atoms with Crippen LogP contribution in [0.5, 0.6) is 11.6 Å². The summed E-state index contributed by atoms with van der Waals surface area (Å²) in [5, 5.41) is 3.23. The van der Waals surface area contributed by atoms with Gasteiger partial charge in [-0.3, -0.25) is 0 Å². The Kier molecular flexibility index (Phi) is 5.48. The Morgan fingerprint density at radius 1 is 0.962 bits per heavy atom. The molecule has 0 saturated carbocycles. The van der Waals surface area contributed by atoms with E-state index in [0.717, 1.165) is 11.1 Å². The highest BCUT2D eigenvalue weighted by Crippen LogP contribution is 2.28. The second-order valence-electron chi connectivity index (χ2n) is 5.82. The quantitative estimate of drug-likeness (QED) is 0.727. The first-order chi connectivity index (χ1) is 12.5. The molecule has 5 nitrogen and oxygen atoms in total. The number of aromatic nitrogens is 3. The average molecular weight is 356 g/mol. The second-order valence-corrected chi connectivity index (χ2v) is 5.82. The van der Waals surface area contributed by atoms with Crippen molar-refractivity contribution in [1.82, 2.24) is 20.3 Å². The minimum Gasteiger partial charge on any atom is -0.435 e. The van der Waals surface area contributed by atoms with Crippen LogP contribution in [0.4, 0.5) is 8.78 Å². The zero-order chi connectivity index (χ0) is 18.5. The molecule has 0 bridgehead atoms. The predicted octanol–water partition coefficient (Wildman–Crippen LogP) is 3.85. The number of hydrogen-bond donors (Lipinski definition) is 1. The lowest BCUT2D eigenvalue weighted by atomic mass is 10.2. The Morgan fingerprint density at radius 2 is 1.73 bits per heavy atom. The number of ether oxygens (including phenoxy) is 1. The second kappa shape index (κ2) is 7.97. The van der Waals surface area contributed by atoms with Crippen molar-refractivity contribution < 1.29 is 13.5 Å². The molecule has 0 fully saturated rings. The third-order valence-corrected chi connectivity index (χ3v) is 3.78. The molecule has 7 heteroatoms. The molecule has 3 rings (SSSR count). The molecule has 0 saturated heterocycles. The molecule has 0 atom stereocenters. The van der Waals surface area contributed by atoms with E-state index >= 15 is 0 Å². The van der Waals surface area contributed by atoms with E-state index in [1.807, 2.05) is 13.0 Å². The van der Waals surface area contributed by atoms with Gasteiger partial charge in [0.2, 0.25) is 11.7 Å². The number of halogens is 2. The normalized spacial score (nSPS) is 10.8. The molecule has 3 aromatic rings. The Morgan fingerprint density at radius 3 is 2.50 bits per heavy atom. The summed E-state index contributed by atoms with van der Waals surface area (Å²) in [5.74, 6) is -1.20. The molecular formula is C19H18F2N4O. The molecule has 1 N–H and O–H groups in total. The van der Waals surface area contributed by atoms with Crippen molar-refractivity contribution in [3.8, 4) is 11.6 Å². The molecule has 0 aliphatic carbocycles. The number of rotatable bonds is 6. The zero-order valence-electron chi connectivity index (χ0n) is 14.5. The lowest BCUT2D eigenvalue weighted by molar-refractivity contribution is 0.399. The van der Waals surface area contributed by atoms with E-state index in [9.17, 15) is 8.78 Å². The van der Waals surface area contributed by atoms with Crippen LogP contribution in [0.1, 0.15) is 22.5 Å². The molecule has 26 heavy (non-hydrogen) atoms. The number of benzene rings is 1. The van der Waals surface area contributed by atoms with Crippen LogP contribution in [0.3, 0.4) is 0 Å². The summed E-state index contributed by atoms with van der Waals surface area (Å²) in [4.78, 5) is 12.4. The topological polar surface area (TPSA) is 59.9 Å². The summed E-state index contributed by atoms with van der Waals surface area (Å²) < 4.78 is 33.2. The maximum Gasteiger partial charge on any atom is 0.223 e. The number of hydrogen-bond acceptors (Lipinski definition) is 5. The molecule has 2 heterocycles. The van der Waals surface area contributed by atoms with E-state index in [1.54, 1.807) is 18.5 Å². The van der Waals surface area contributed by atoms with Crippen molar-refractivity contribution in [1.29, 1.82) is 0 Å². The first kappa shape index (κ1) is 17.9. The van der Waals surface area contributed by atoms with E-state index in [1.165, 1.54) is 25.3 Å². The van der Waals surface area contributed by atoms with Crippen LogP contribution in [-0.2, 0) is 13.1 Å². The Bertz CT molecular complexity index is 901. The van der Waals surface area contributed by atoms with Crippen LogP contribution in [0.15, 0.2) is 42.9 Å². The molecule has 2 aromatic heterocycles. The van der Waals surface area contributed by atoms with Gasteiger partial charge in [0.15, 0.2) is 11.6 Å². The zero-order valence-corrected chi connectivity index (χ0v) is 14.5. The van der Waals surface area contributed by atoms with Crippen LogP contribution in [0.2, 0.25) is 0 Å². The van der Waals surface area contributed by atoms with Crippen molar-refractivity contribution in [3.05, 3.63) is 77.0 Å². The van der Waals surface area contributed by atoms with E-state index in [-0.39, 0.29) is 17.2 Å². The molecule has 0 aliphatic rings. The maximum atomic E-state index is 14.0. The highest BCUT2D eigenvalue weighted by atomic mass is 19.2. The van der Waals surface area contributed by atoms with Gasteiger partial charge >= 0.3 is 0 Å². The van der Waals surface area contributed by atoms with Gasteiger partial charge in [-0.25, -0.2) is 19.3 Å². The standard InChI is InChI=1S/C19H18F2N4O/c1-12-5-6-16(18(21)17(12)20)26-19-15(4-3-7-23-19)11-22-8-14-9-24-13(2)25-10-14/h3-7,9-10,22H,8,11H2,1-2H3. The van der Waals surface area contributed by atoms with Crippen molar-refractivity contribution >= 4 is 0 Å². The molecule has 0 unspecified atom stereocenters.